The summed E-state index contributed by atoms with van der Waals surface area (Å²) in [6.07, 6.45) is 16.9. The van der Waals surface area contributed by atoms with Crippen LogP contribution in [0.2, 0.25) is 0 Å². The summed E-state index contributed by atoms with van der Waals surface area (Å²) in [4.78, 5) is 28.2. The maximum absolute atomic E-state index is 13.4. The molecule has 22 heteroatoms. The fourth-order valence-electron chi connectivity index (χ4n) is 18.7. The Bertz CT molecular complexity index is 1830. The summed E-state index contributed by atoms with van der Waals surface area (Å²) < 4.78 is 10.5. The predicted molar refractivity (Wildman–Crippen MR) is 319 cm³/mol. The Morgan fingerprint density at radius 3 is 1.43 bits per heavy atom. The van der Waals surface area contributed by atoms with E-state index in [1.807, 2.05) is 13.8 Å². The van der Waals surface area contributed by atoms with Crippen molar-refractivity contribution in [3.05, 3.63) is 0 Å². The number of morpholine rings is 2. The SMILES string of the molecule is C.C1COCCN1.C[C@@]1(O)CC[C@@]2(CO)[C@@H](CC[C@H]3[C@@H]4CC[C@H](C(=O)CBr)[C@@]4(C)CC[C@@H]32)C1.C[C@@]1(O)CC[C@@]2(CO)[C@@H](CC[C@H]3[C@@H]4CC[C@H](C(=O)CN5CCOCC5)[C@@]4(C)CC[C@@H]32)C1.[B][B]B([B])B(B([B])[B])B([B])[B]. The van der Waals surface area contributed by atoms with Crippen molar-refractivity contribution >= 4 is 107 Å². The van der Waals surface area contributed by atoms with Gasteiger partial charge in [-0.15, -0.1) is 0 Å². The second-order valence-corrected chi connectivity index (χ2v) is 27.2. The highest BCUT2D eigenvalue weighted by Gasteiger charge is 2.65. The number of halogens is 1. The molecule has 5 N–H and O–H groups in total. The van der Waals surface area contributed by atoms with E-state index in [-0.39, 0.29) is 60.5 Å². The van der Waals surface area contributed by atoms with Crippen LogP contribution in [0.25, 0.3) is 0 Å². The van der Waals surface area contributed by atoms with Crippen molar-refractivity contribution in [3.63, 3.8) is 0 Å². The van der Waals surface area contributed by atoms with Crippen LogP contribution in [-0.2, 0) is 19.1 Å². The van der Waals surface area contributed by atoms with E-state index in [9.17, 15) is 30.0 Å². The molecule has 0 aromatic rings. The van der Waals surface area contributed by atoms with E-state index in [2.05, 4.69) is 40.0 Å². The summed E-state index contributed by atoms with van der Waals surface area (Å²) in [7, 11) is 33.5. The maximum atomic E-state index is 13.4. The average molecular weight is 1080 g/mol. The Labute approximate surface area is 474 Å². The number of carbonyl (C=O) groups excluding carboxylic acids is 2. The molecular weight excluding hydrogens is 991 g/mol. The van der Waals surface area contributed by atoms with Gasteiger partial charge in [-0.3, -0.25) is 14.5 Å². The van der Waals surface area contributed by atoms with Crippen molar-refractivity contribution in [1.29, 1.82) is 0 Å². The molecule has 0 spiro atoms. The molecule has 10 aliphatic rings. The van der Waals surface area contributed by atoms with Gasteiger partial charge >= 0.3 is 0 Å². The zero-order valence-electron chi connectivity index (χ0n) is 46.1. The van der Waals surface area contributed by atoms with Gasteiger partial charge in [-0.25, -0.2) is 0 Å². The van der Waals surface area contributed by atoms with E-state index < -0.39 is 30.4 Å². The number of Topliss-reactive ketones (excluding diaryl/α,β-unsaturated/α-hetero) is 2. The number of hydrogen-bond acceptors (Lipinski definition) is 10. The first-order valence-electron chi connectivity index (χ1n) is 29.3. The van der Waals surface area contributed by atoms with Crippen LogP contribution < -0.4 is 5.32 Å². The van der Waals surface area contributed by atoms with Gasteiger partial charge in [-0.2, -0.15) is 0 Å². The number of ether oxygens (including phenoxy) is 2. The molecule has 0 bridgehead atoms. The maximum Gasteiger partial charge on any atom is 0.150 e. The minimum Gasteiger partial charge on any atom is -0.396 e. The van der Waals surface area contributed by atoms with E-state index >= 15 is 0 Å². The second kappa shape index (κ2) is 27.1. The second-order valence-electron chi connectivity index (χ2n) is 26.7. The fourth-order valence-corrected chi connectivity index (χ4v) is 19.1. The van der Waals surface area contributed by atoms with Gasteiger partial charge in [0.25, 0.3) is 0 Å². The first kappa shape index (κ1) is 64.4. The number of rotatable bonds is 11. The van der Waals surface area contributed by atoms with Crippen LogP contribution in [0.1, 0.15) is 151 Å². The molecule has 10 rings (SSSR count). The minimum absolute atomic E-state index is 0. The van der Waals surface area contributed by atoms with Crippen molar-refractivity contribution in [1.82, 2.24) is 10.2 Å². The van der Waals surface area contributed by atoms with Gasteiger partial charge in [0.2, 0.25) is 0 Å². The average Bonchev–Trinajstić information content (AvgIpc) is 3.94. The number of aliphatic hydroxyl groups excluding tert-OH is 2. The Balaban J connectivity index is 0.000000186. The number of nitrogens with one attached hydrogen (secondary N) is 1. The highest BCUT2D eigenvalue weighted by Crippen LogP contribution is 2.70. The van der Waals surface area contributed by atoms with Gasteiger partial charge in [-0.1, -0.05) is 37.2 Å². The van der Waals surface area contributed by atoms with Crippen LogP contribution in [0.3, 0.4) is 0 Å². The first-order valence-corrected chi connectivity index (χ1v) is 30.4. The smallest absolute Gasteiger partial charge is 0.150 e. The lowest BCUT2D eigenvalue weighted by molar-refractivity contribution is -0.171. The number of fused-ring (bicyclic) bond motifs is 10. The fraction of sp³-hybridized carbons (Fsp3) is 0.962. The van der Waals surface area contributed by atoms with Crippen molar-refractivity contribution in [2.24, 2.45) is 80.8 Å². The van der Waals surface area contributed by atoms with Crippen molar-refractivity contribution in [3.8, 4) is 0 Å². The Morgan fingerprint density at radius 1 is 0.627 bits per heavy atom. The molecule has 0 aromatic carbocycles. The molecule has 10 nitrogen and oxygen atoms in total. The summed E-state index contributed by atoms with van der Waals surface area (Å²) in [5.41, 5.74) is -0.806. The van der Waals surface area contributed by atoms with Gasteiger partial charge in [-0.05, 0) is 198 Å². The van der Waals surface area contributed by atoms with Gasteiger partial charge < -0.3 is 35.2 Å². The van der Waals surface area contributed by atoms with E-state index in [4.69, 9.17) is 55.9 Å². The molecule has 2 heterocycles. The normalized spacial score (nSPS) is 42.5. The lowest BCUT2D eigenvalue weighted by Crippen LogP contribution is -2.63. The van der Waals surface area contributed by atoms with Gasteiger partial charge in [0.1, 0.15) is 11.6 Å². The Kier molecular flexibility index (Phi) is 23.2. The zero-order valence-corrected chi connectivity index (χ0v) is 47.7. The third-order valence-electron chi connectivity index (χ3n) is 22.7. The highest BCUT2D eigenvalue weighted by molar-refractivity contribution is 9.09. The largest absolute Gasteiger partial charge is 0.396 e. The molecule has 16 atom stereocenters. The molecule has 401 valence electrons. The van der Waals surface area contributed by atoms with Crippen LogP contribution in [0, 0.1) is 80.8 Å². The van der Waals surface area contributed by atoms with Crippen molar-refractivity contribution in [2.75, 3.05) is 77.7 Å². The molecule has 8 saturated carbocycles. The van der Waals surface area contributed by atoms with Crippen LogP contribution in [0.4, 0.5) is 0 Å². The molecule has 8 aliphatic carbocycles. The first-order chi connectivity index (χ1) is 35.1. The lowest BCUT2D eigenvalue weighted by atomic mass is 8.56. The van der Waals surface area contributed by atoms with Crippen LogP contribution in [0.15, 0.2) is 0 Å². The number of alkyl halides is 1. The van der Waals surface area contributed by atoms with Crippen molar-refractivity contribution < 1.29 is 39.5 Å². The summed E-state index contributed by atoms with van der Waals surface area (Å²) in [5.74, 6) is 5.92. The molecule has 2 saturated heterocycles. The summed E-state index contributed by atoms with van der Waals surface area (Å²) in [6, 6.07) is 0. The molecule has 75 heavy (non-hydrogen) atoms. The third-order valence-corrected chi connectivity index (χ3v) is 23.2. The Hall–Kier alpha value is 0.214. The van der Waals surface area contributed by atoms with E-state index in [1.165, 1.54) is 32.7 Å². The minimum atomic E-state index is -0.648. The highest BCUT2D eigenvalue weighted by atomic mass is 79.9. The predicted octanol–water partition coefficient (Wildman–Crippen LogP) is 3.66. The summed E-state index contributed by atoms with van der Waals surface area (Å²) in [6.45, 7) is 17.0. The molecule has 0 aromatic heterocycles. The van der Waals surface area contributed by atoms with Gasteiger partial charge in [0.05, 0.1) is 49.5 Å². The zero-order chi connectivity index (χ0) is 53.9. The monoisotopic (exact) mass is 1080 g/mol. The molecule has 10 fully saturated rings. The van der Waals surface area contributed by atoms with Crippen LogP contribution in [-0.4, -0.2) is 205 Å². The van der Waals surface area contributed by atoms with Crippen LogP contribution >= 0.6 is 15.9 Å². The lowest BCUT2D eigenvalue weighted by Gasteiger charge is -2.62. The third kappa shape index (κ3) is 13.7. The standard InChI is InChI=1S/C26H43NO4.C22H35BrO3.C4H9NO.CH4.B11/c1-24(30)9-10-26(17-28)18(15-24)3-4-19-20-5-6-22(25(20,2)8-7-21(19)26)23(29)16-27-11-13-31-14-12-27;1-20(26)9-10-22(13-24)14(11-20)3-4-15-16-5-6-18(19(25)12-23)21(16,2)8-7-17(15)22;1-3-6-4-2-5-1;;1-7-10(6)11(8(2)3)9(4)5/h18-22,28,30H,3-17H2,1-2H3;14-18,24,26H,3-13H2,1-2H3;5H,1-4H2;1H4;/t18-,19-,20-,21-,22+,24+,25-,26+;14-,15-,16-,17-,18+,20+,21-,22+;;;/m00.../s1. The van der Waals surface area contributed by atoms with E-state index in [0.717, 1.165) is 142 Å². The number of carbonyl (C=O) groups is 2. The summed E-state index contributed by atoms with van der Waals surface area (Å²) >= 11 is 3.40. The molecular formula is C53H91B11BrN2O8. The molecule has 0 unspecified atom stereocenters. The molecule has 2 aliphatic heterocycles. The van der Waals surface area contributed by atoms with Gasteiger partial charge in [0, 0.05) is 130 Å². The number of nitrogens with zero attached hydrogens (tertiary/aromatic N) is 1. The molecule has 13 radical (unpaired) electrons. The number of hydrogen-bond donors (Lipinski definition) is 5. The quantitative estimate of drug-likeness (QED) is 0.154. The van der Waals surface area contributed by atoms with Crippen LogP contribution in [0.5, 0.6) is 0 Å². The van der Waals surface area contributed by atoms with E-state index in [0.29, 0.717) is 70.8 Å². The summed E-state index contributed by atoms with van der Waals surface area (Å²) in [5, 5.41) is 46.2. The Morgan fingerprint density at radius 2 is 1.07 bits per heavy atom. The van der Waals surface area contributed by atoms with Crippen molar-refractivity contribution in [2.45, 2.75) is 162 Å². The van der Waals surface area contributed by atoms with E-state index in [1.54, 1.807) is 0 Å². The number of ketones is 2. The molecule has 0 amide bonds. The van der Waals surface area contributed by atoms with Gasteiger partial charge in [0.15, 0.2) is 0 Å². The topological polar surface area (TPSA) is 149 Å². The number of aliphatic hydroxyl groups is 4.